The van der Waals surface area contributed by atoms with Gasteiger partial charge in [-0.05, 0) is 43.4 Å². The second-order valence-corrected chi connectivity index (χ2v) is 5.76. The molecule has 0 saturated carbocycles. The fourth-order valence-electron chi connectivity index (χ4n) is 3.02. The summed E-state index contributed by atoms with van der Waals surface area (Å²) in [6.45, 7) is 1.53. The van der Waals surface area contributed by atoms with Crippen molar-refractivity contribution < 1.29 is 24.2 Å². The molecule has 1 saturated heterocycles. The molecule has 0 spiro atoms. The summed E-state index contributed by atoms with van der Waals surface area (Å²) >= 11 is 0. The summed E-state index contributed by atoms with van der Waals surface area (Å²) in [6, 6.07) is 5.21. The minimum atomic E-state index is -0.778. The number of carboxylic acid groups (broad SMARTS) is 1. The summed E-state index contributed by atoms with van der Waals surface area (Å²) in [6.07, 6.45) is 2.69. The molecule has 3 rings (SSSR count). The summed E-state index contributed by atoms with van der Waals surface area (Å²) in [4.78, 5) is 25.1. The minimum absolute atomic E-state index is 0.0293. The number of rotatable bonds is 4. The summed E-state index contributed by atoms with van der Waals surface area (Å²) in [7, 11) is 0. The van der Waals surface area contributed by atoms with Crippen molar-refractivity contribution in [2.75, 3.05) is 19.9 Å². The number of nitrogens with zero attached hydrogens (tertiary/aromatic N) is 1. The van der Waals surface area contributed by atoms with E-state index in [2.05, 4.69) is 0 Å². The normalized spacial score (nSPS) is 20.0. The van der Waals surface area contributed by atoms with Crippen molar-refractivity contribution in [1.29, 1.82) is 0 Å². The van der Waals surface area contributed by atoms with Gasteiger partial charge < -0.3 is 19.5 Å². The van der Waals surface area contributed by atoms with E-state index in [-0.39, 0.29) is 25.0 Å². The number of piperidine rings is 1. The van der Waals surface area contributed by atoms with E-state index in [0.29, 0.717) is 30.0 Å². The third-order valence-electron chi connectivity index (χ3n) is 4.19. The van der Waals surface area contributed by atoms with Gasteiger partial charge in [0.15, 0.2) is 11.5 Å². The maximum absolute atomic E-state index is 12.6. The van der Waals surface area contributed by atoms with Crippen LogP contribution in [-0.4, -0.2) is 41.8 Å². The fourth-order valence-corrected chi connectivity index (χ4v) is 3.02. The molecule has 6 heteroatoms. The van der Waals surface area contributed by atoms with Crippen LogP contribution in [0.1, 0.15) is 36.0 Å². The molecule has 0 radical (unpaired) electrons. The maximum Gasteiger partial charge on any atom is 0.303 e. The van der Waals surface area contributed by atoms with Gasteiger partial charge in [-0.25, -0.2) is 0 Å². The highest BCUT2D eigenvalue weighted by atomic mass is 16.7. The molecule has 2 heterocycles. The van der Waals surface area contributed by atoms with Crippen molar-refractivity contribution in [2.45, 2.75) is 25.7 Å². The standard InChI is InChI=1S/C16H19NO5/c18-15(19)6-3-11-2-1-7-17(9-11)16(20)12-4-5-13-14(8-12)22-10-21-13/h4-5,8,11H,1-3,6-7,9-10H2,(H,18,19)/t11-/m1/s1. The molecule has 1 atom stereocenters. The van der Waals surface area contributed by atoms with Crippen molar-refractivity contribution in [2.24, 2.45) is 5.92 Å². The van der Waals surface area contributed by atoms with Crippen LogP contribution < -0.4 is 9.47 Å². The molecular formula is C16H19NO5. The van der Waals surface area contributed by atoms with E-state index in [1.165, 1.54) is 0 Å². The van der Waals surface area contributed by atoms with E-state index < -0.39 is 5.97 Å². The molecule has 1 N–H and O–H groups in total. The molecule has 1 fully saturated rings. The number of carbonyl (C=O) groups is 2. The third-order valence-corrected chi connectivity index (χ3v) is 4.19. The largest absolute Gasteiger partial charge is 0.481 e. The number of hydrogen-bond acceptors (Lipinski definition) is 4. The Balaban J connectivity index is 1.65. The lowest BCUT2D eigenvalue weighted by Gasteiger charge is -2.32. The number of likely N-dealkylation sites (tertiary alicyclic amines) is 1. The summed E-state index contributed by atoms with van der Waals surface area (Å²) < 4.78 is 10.6. The Morgan fingerprint density at radius 2 is 2.09 bits per heavy atom. The lowest BCUT2D eigenvalue weighted by atomic mass is 9.93. The first-order valence-corrected chi connectivity index (χ1v) is 7.54. The van der Waals surface area contributed by atoms with Gasteiger partial charge in [0.1, 0.15) is 0 Å². The molecular weight excluding hydrogens is 286 g/mol. The van der Waals surface area contributed by atoms with E-state index in [4.69, 9.17) is 14.6 Å². The van der Waals surface area contributed by atoms with Gasteiger partial charge in [0.25, 0.3) is 5.91 Å². The summed E-state index contributed by atoms with van der Waals surface area (Å²) in [5.74, 6) is 0.722. The highest BCUT2D eigenvalue weighted by Crippen LogP contribution is 2.33. The van der Waals surface area contributed by atoms with Gasteiger partial charge in [0.2, 0.25) is 6.79 Å². The van der Waals surface area contributed by atoms with E-state index in [9.17, 15) is 9.59 Å². The SMILES string of the molecule is O=C(O)CC[C@H]1CCCN(C(=O)c2ccc3c(c2)OCO3)C1. The van der Waals surface area contributed by atoms with Gasteiger partial charge >= 0.3 is 5.97 Å². The highest BCUT2D eigenvalue weighted by Gasteiger charge is 2.26. The Labute approximate surface area is 128 Å². The average molecular weight is 305 g/mol. The van der Waals surface area contributed by atoms with Crippen molar-refractivity contribution in [3.63, 3.8) is 0 Å². The van der Waals surface area contributed by atoms with Crippen LogP contribution in [0, 0.1) is 5.92 Å². The van der Waals surface area contributed by atoms with Crippen LogP contribution in [-0.2, 0) is 4.79 Å². The molecule has 2 aliphatic rings. The number of hydrogen-bond donors (Lipinski definition) is 1. The number of carbonyl (C=O) groups excluding carboxylic acids is 1. The maximum atomic E-state index is 12.6. The molecule has 1 amide bonds. The Morgan fingerprint density at radius 1 is 1.27 bits per heavy atom. The number of fused-ring (bicyclic) bond motifs is 1. The van der Waals surface area contributed by atoms with E-state index in [1.807, 2.05) is 4.90 Å². The van der Waals surface area contributed by atoms with Gasteiger partial charge in [-0.3, -0.25) is 9.59 Å². The topological polar surface area (TPSA) is 76.1 Å². The Morgan fingerprint density at radius 3 is 2.91 bits per heavy atom. The predicted octanol–water partition coefficient (Wildman–Crippen LogP) is 2.13. The van der Waals surface area contributed by atoms with Crippen molar-refractivity contribution in [3.8, 4) is 11.5 Å². The second kappa shape index (κ2) is 6.25. The molecule has 0 aliphatic carbocycles. The first-order chi connectivity index (χ1) is 10.6. The van der Waals surface area contributed by atoms with Crippen molar-refractivity contribution in [3.05, 3.63) is 23.8 Å². The van der Waals surface area contributed by atoms with E-state index in [0.717, 1.165) is 19.4 Å². The molecule has 22 heavy (non-hydrogen) atoms. The zero-order chi connectivity index (χ0) is 15.5. The van der Waals surface area contributed by atoms with Gasteiger partial charge in [0, 0.05) is 25.1 Å². The molecule has 6 nitrogen and oxygen atoms in total. The van der Waals surface area contributed by atoms with Gasteiger partial charge in [-0.1, -0.05) is 0 Å². The monoisotopic (exact) mass is 305 g/mol. The molecule has 1 aromatic rings. The van der Waals surface area contributed by atoms with Crippen molar-refractivity contribution >= 4 is 11.9 Å². The first kappa shape index (κ1) is 14.7. The van der Waals surface area contributed by atoms with Crippen LogP contribution in [0.3, 0.4) is 0 Å². The second-order valence-electron chi connectivity index (χ2n) is 5.76. The number of ether oxygens (including phenoxy) is 2. The fraction of sp³-hybridized carbons (Fsp3) is 0.500. The number of carboxylic acids is 1. The molecule has 0 aromatic heterocycles. The number of benzene rings is 1. The predicted molar refractivity (Wildman–Crippen MR) is 78.1 cm³/mol. The van der Waals surface area contributed by atoms with E-state index in [1.54, 1.807) is 18.2 Å². The smallest absolute Gasteiger partial charge is 0.303 e. The van der Waals surface area contributed by atoms with Crippen molar-refractivity contribution in [1.82, 2.24) is 4.90 Å². The lowest BCUT2D eigenvalue weighted by Crippen LogP contribution is -2.40. The first-order valence-electron chi connectivity index (χ1n) is 7.54. The van der Waals surface area contributed by atoms with Crippen LogP contribution in [0.4, 0.5) is 0 Å². The van der Waals surface area contributed by atoms with Crippen LogP contribution in [0.2, 0.25) is 0 Å². The summed E-state index contributed by atoms with van der Waals surface area (Å²) in [5.41, 5.74) is 0.586. The zero-order valence-electron chi connectivity index (χ0n) is 12.3. The number of aliphatic carboxylic acids is 1. The third kappa shape index (κ3) is 3.16. The average Bonchev–Trinajstić information content (AvgIpc) is 3.00. The molecule has 2 aliphatic heterocycles. The van der Waals surface area contributed by atoms with Crippen LogP contribution >= 0.6 is 0 Å². The summed E-state index contributed by atoms with van der Waals surface area (Å²) in [5, 5.41) is 8.78. The van der Waals surface area contributed by atoms with Crippen LogP contribution in [0.5, 0.6) is 11.5 Å². The van der Waals surface area contributed by atoms with Gasteiger partial charge in [-0.15, -0.1) is 0 Å². The van der Waals surface area contributed by atoms with Gasteiger partial charge in [0.05, 0.1) is 0 Å². The lowest BCUT2D eigenvalue weighted by molar-refractivity contribution is -0.137. The van der Waals surface area contributed by atoms with E-state index >= 15 is 0 Å². The zero-order valence-corrected chi connectivity index (χ0v) is 12.3. The minimum Gasteiger partial charge on any atom is -0.481 e. The Bertz CT molecular complexity index is 586. The van der Waals surface area contributed by atoms with Gasteiger partial charge in [-0.2, -0.15) is 0 Å². The molecule has 0 unspecified atom stereocenters. The Kier molecular flexibility index (Phi) is 4.18. The molecule has 0 bridgehead atoms. The van der Waals surface area contributed by atoms with Crippen LogP contribution in [0.15, 0.2) is 18.2 Å². The highest BCUT2D eigenvalue weighted by molar-refractivity contribution is 5.95. The molecule has 1 aromatic carbocycles. The van der Waals surface area contributed by atoms with Crippen LogP contribution in [0.25, 0.3) is 0 Å². The number of amides is 1. The molecule has 118 valence electrons. The Hall–Kier alpha value is -2.24. The quantitative estimate of drug-likeness (QED) is 0.922.